The van der Waals surface area contributed by atoms with Gasteiger partial charge < -0.3 is 21.4 Å². The van der Waals surface area contributed by atoms with E-state index in [1.807, 2.05) is 18.2 Å². The second-order valence-electron chi connectivity index (χ2n) is 6.15. The molecule has 0 aliphatic rings. The number of fused-ring (bicyclic) bond motifs is 1. The number of nitrogens with one attached hydrogen (secondary N) is 3. The van der Waals surface area contributed by atoms with E-state index in [0.717, 1.165) is 0 Å². The zero-order chi connectivity index (χ0) is 20.4. The van der Waals surface area contributed by atoms with Gasteiger partial charge in [-0.1, -0.05) is 29.8 Å². The van der Waals surface area contributed by atoms with Crippen LogP contribution in [0.3, 0.4) is 0 Å². The van der Waals surface area contributed by atoms with Gasteiger partial charge >= 0.3 is 6.03 Å². The van der Waals surface area contributed by atoms with E-state index >= 15 is 0 Å². The molecule has 0 saturated carbocycles. The summed E-state index contributed by atoms with van der Waals surface area (Å²) in [6, 6.07) is 13.2. The molecule has 144 valence electrons. The highest BCUT2D eigenvalue weighted by Crippen LogP contribution is 2.28. The summed E-state index contributed by atoms with van der Waals surface area (Å²) in [5.41, 5.74) is 7.92. The molecule has 0 bridgehead atoms. The van der Waals surface area contributed by atoms with Gasteiger partial charge in [-0.2, -0.15) is 0 Å². The van der Waals surface area contributed by atoms with Crippen molar-refractivity contribution in [3.63, 3.8) is 0 Å². The van der Waals surface area contributed by atoms with Crippen LogP contribution >= 0.6 is 11.6 Å². The van der Waals surface area contributed by atoms with Gasteiger partial charge in [-0.05, 0) is 30.3 Å². The Morgan fingerprint density at radius 3 is 2.52 bits per heavy atom. The number of aromatic nitrogens is 3. The van der Waals surface area contributed by atoms with E-state index in [1.165, 1.54) is 18.6 Å². The molecule has 0 aliphatic carbocycles. The van der Waals surface area contributed by atoms with Gasteiger partial charge in [0.1, 0.15) is 17.8 Å². The first-order valence-electron chi connectivity index (χ1n) is 8.58. The molecule has 9 heteroatoms. The second kappa shape index (κ2) is 7.61. The lowest BCUT2D eigenvalue weighted by Crippen LogP contribution is -2.19. The van der Waals surface area contributed by atoms with E-state index in [0.29, 0.717) is 28.0 Å². The van der Waals surface area contributed by atoms with Gasteiger partial charge in [-0.15, -0.1) is 0 Å². The van der Waals surface area contributed by atoms with Crippen molar-refractivity contribution in [2.24, 2.45) is 0 Å². The number of halogens is 1. The standard InChI is InChI=1S/C20H15ClN6O2/c21-15-7-6-12(27-20(29)26-11-4-2-1-3-5-11)8-13(15)17(28)14-9-23-19-16(14)18(22)24-10-25-19/h1-10H,(H2,26,27,29)(H3,22,23,24,25). The van der Waals surface area contributed by atoms with Crippen molar-refractivity contribution < 1.29 is 9.59 Å². The third-order valence-electron chi connectivity index (χ3n) is 4.24. The Hall–Kier alpha value is -3.91. The first-order chi connectivity index (χ1) is 14.0. The quantitative estimate of drug-likeness (QED) is 0.380. The Kier molecular flexibility index (Phi) is 4.84. The number of nitrogen functional groups attached to an aromatic ring is 1. The summed E-state index contributed by atoms with van der Waals surface area (Å²) in [7, 11) is 0. The van der Waals surface area contributed by atoms with Gasteiger partial charge in [0.05, 0.1) is 16.0 Å². The summed E-state index contributed by atoms with van der Waals surface area (Å²) in [6.45, 7) is 0. The maximum Gasteiger partial charge on any atom is 0.323 e. The van der Waals surface area contributed by atoms with Crippen LogP contribution < -0.4 is 16.4 Å². The number of rotatable bonds is 4. The molecule has 4 aromatic rings. The zero-order valence-corrected chi connectivity index (χ0v) is 15.7. The number of carbonyl (C=O) groups excluding carboxylic acids is 2. The SMILES string of the molecule is Nc1ncnc2[nH]cc(C(=O)c3cc(NC(=O)Nc4ccccc4)ccc3Cl)c12. The number of hydrogen-bond acceptors (Lipinski definition) is 5. The zero-order valence-electron chi connectivity index (χ0n) is 14.9. The summed E-state index contributed by atoms with van der Waals surface area (Å²) in [5, 5.41) is 6.06. The minimum Gasteiger partial charge on any atom is -0.383 e. The van der Waals surface area contributed by atoms with Crippen molar-refractivity contribution in [3.8, 4) is 0 Å². The number of hydrogen-bond donors (Lipinski definition) is 4. The Morgan fingerprint density at radius 2 is 1.72 bits per heavy atom. The van der Waals surface area contributed by atoms with Crippen molar-refractivity contribution in [3.05, 3.63) is 77.2 Å². The number of carbonyl (C=O) groups is 2. The predicted octanol–water partition coefficient (Wildman–Crippen LogP) is 4.07. The molecule has 0 atom stereocenters. The minimum absolute atomic E-state index is 0.187. The number of nitrogens with zero attached hydrogens (tertiary/aromatic N) is 2. The van der Waals surface area contributed by atoms with Crippen molar-refractivity contribution in [1.29, 1.82) is 0 Å². The van der Waals surface area contributed by atoms with E-state index in [-0.39, 0.29) is 22.2 Å². The molecule has 0 fully saturated rings. The molecule has 8 nitrogen and oxygen atoms in total. The monoisotopic (exact) mass is 406 g/mol. The summed E-state index contributed by atoms with van der Waals surface area (Å²) < 4.78 is 0. The molecule has 2 heterocycles. The summed E-state index contributed by atoms with van der Waals surface area (Å²) in [5.74, 6) is -0.179. The molecular weight excluding hydrogens is 392 g/mol. The van der Waals surface area contributed by atoms with Gasteiger partial charge in [-0.3, -0.25) is 4.79 Å². The summed E-state index contributed by atoms with van der Waals surface area (Å²) in [4.78, 5) is 36.2. The fraction of sp³-hybridized carbons (Fsp3) is 0. The van der Waals surface area contributed by atoms with Crippen LogP contribution in [0.25, 0.3) is 11.0 Å². The normalized spacial score (nSPS) is 10.7. The van der Waals surface area contributed by atoms with Crippen molar-refractivity contribution in [2.75, 3.05) is 16.4 Å². The molecule has 29 heavy (non-hydrogen) atoms. The maximum absolute atomic E-state index is 13.1. The third-order valence-corrected chi connectivity index (χ3v) is 4.57. The smallest absolute Gasteiger partial charge is 0.323 e. The lowest BCUT2D eigenvalue weighted by Gasteiger charge is -2.10. The largest absolute Gasteiger partial charge is 0.383 e. The van der Waals surface area contributed by atoms with E-state index in [4.69, 9.17) is 17.3 Å². The molecule has 2 amide bonds. The Morgan fingerprint density at radius 1 is 0.966 bits per heavy atom. The highest BCUT2D eigenvalue weighted by atomic mass is 35.5. The lowest BCUT2D eigenvalue weighted by atomic mass is 10.0. The van der Waals surface area contributed by atoms with Crippen LogP contribution in [-0.2, 0) is 0 Å². The van der Waals surface area contributed by atoms with Crippen molar-refractivity contribution >= 4 is 51.6 Å². The van der Waals surface area contributed by atoms with Crippen molar-refractivity contribution in [1.82, 2.24) is 15.0 Å². The van der Waals surface area contributed by atoms with E-state index in [9.17, 15) is 9.59 Å². The van der Waals surface area contributed by atoms with E-state index < -0.39 is 6.03 Å². The number of anilines is 3. The van der Waals surface area contributed by atoms with Gasteiger partial charge in [-0.25, -0.2) is 14.8 Å². The molecule has 0 saturated heterocycles. The highest BCUT2D eigenvalue weighted by Gasteiger charge is 2.20. The van der Waals surface area contributed by atoms with Crippen LogP contribution in [0.1, 0.15) is 15.9 Å². The Bertz CT molecular complexity index is 1220. The number of benzene rings is 2. The first kappa shape index (κ1) is 18.5. The number of amides is 2. The Balaban J connectivity index is 1.61. The number of ketones is 1. The number of para-hydroxylation sites is 1. The van der Waals surface area contributed by atoms with Crippen LogP contribution in [-0.4, -0.2) is 26.8 Å². The van der Waals surface area contributed by atoms with Crippen LogP contribution in [0.5, 0.6) is 0 Å². The van der Waals surface area contributed by atoms with Crippen LogP contribution in [0.2, 0.25) is 5.02 Å². The van der Waals surface area contributed by atoms with Gasteiger partial charge in [0.2, 0.25) is 0 Å². The lowest BCUT2D eigenvalue weighted by molar-refractivity contribution is 0.104. The van der Waals surface area contributed by atoms with Crippen molar-refractivity contribution in [2.45, 2.75) is 0 Å². The molecule has 0 spiro atoms. The Labute approximate surface area is 170 Å². The minimum atomic E-state index is -0.443. The maximum atomic E-state index is 13.1. The molecule has 4 rings (SSSR count). The topological polar surface area (TPSA) is 126 Å². The molecule has 0 radical (unpaired) electrons. The molecule has 0 aliphatic heterocycles. The average Bonchev–Trinajstić information content (AvgIpc) is 3.15. The van der Waals surface area contributed by atoms with Crippen LogP contribution in [0.4, 0.5) is 22.0 Å². The summed E-state index contributed by atoms with van der Waals surface area (Å²) in [6.07, 6.45) is 2.82. The highest BCUT2D eigenvalue weighted by molar-refractivity contribution is 6.36. The number of H-pyrrole nitrogens is 1. The van der Waals surface area contributed by atoms with Gasteiger partial charge in [0.15, 0.2) is 5.78 Å². The second-order valence-corrected chi connectivity index (χ2v) is 6.56. The van der Waals surface area contributed by atoms with E-state index in [1.54, 1.807) is 24.3 Å². The molecular formula is C20H15ClN6O2. The number of nitrogens with two attached hydrogens (primary N) is 1. The third kappa shape index (κ3) is 3.74. The van der Waals surface area contributed by atoms with E-state index in [2.05, 4.69) is 25.6 Å². The van der Waals surface area contributed by atoms with Crippen LogP contribution in [0.15, 0.2) is 61.1 Å². The van der Waals surface area contributed by atoms with Crippen LogP contribution in [0, 0.1) is 0 Å². The number of urea groups is 1. The number of aromatic amines is 1. The molecule has 2 aromatic heterocycles. The van der Waals surface area contributed by atoms with Gasteiger partial charge in [0.25, 0.3) is 0 Å². The first-order valence-corrected chi connectivity index (χ1v) is 8.95. The molecule has 2 aromatic carbocycles. The summed E-state index contributed by atoms with van der Waals surface area (Å²) >= 11 is 6.24. The molecule has 0 unspecified atom stereocenters. The fourth-order valence-corrected chi connectivity index (χ4v) is 3.11. The van der Waals surface area contributed by atoms with Gasteiger partial charge in [0, 0.05) is 23.1 Å². The predicted molar refractivity (Wildman–Crippen MR) is 112 cm³/mol. The average molecular weight is 407 g/mol. The molecule has 5 N–H and O–H groups in total. The fourth-order valence-electron chi connectivity index (χ4n) is 2.90.